The molecule has 0 aliphatic carbocycles. The van der Waals surface area contributed by atoms with Crippen molar-refractivity contribution >= 4 is 5.91 Å². The van der Waals surface area contributed by atoms with Crippen LogP contribution in [-0.4, -0.2) is 47.4 Å². The Morgan fingerprint density at radius 2 is 1.77 bits per heavy atom. The number of amides is 1. The number of rotatable bonds is 8. The molecule has 4 nitrogen and oxygen atoms in total. The third kappa shape index (κ3) is 6.16. The Bertz CT molecular complexity index is 807. The van der Waals surface area contributed by atoms with Gasteiger partial charge in [-0.25, -0.2) is 0 Å². The van der Waals surface area contributed by atoms with E-state index in [4.69, 9.17) is 0 Å². The van der Waals surface area contributed by atoms with Crippen LogP contribution in [-0.2, 0) is 13.1 Å². The van der Waals surface area contributed by atoms with Gasteiger partial charge < -0.3 is 5.32 Å². The summed E-state index contributed by atoms with van der Waals surface area (Å²) in [5, 5.41) is 3.24. The second-order valence-electron chi connectivity index (χ2n) is 8.80. The molecule has 0 aromatic heterocycles. The number of benzene rings is 2. The average Bonchev–Trinajstić information content (AvgIpc) is 2.75. The molecule has 1 amide bonds. The molecule has 0 atom stereocenters. The SMILES string of the molecule is CCN(Cc1ccc(C(=O)NC2CCN(Cc3ccccc3C)CC2)cc1)C(C)C. The van der Waals surface area contributed by atoms with E-state index < -0.39 is 0 Å². The minimum Gasteiger partial charge on any atom is -0.349 e. The lowest BCUT2D eigenvalue weighted by atomic mass is 10.0. The fourth-order valence-electron chi connectivity index (χ4n) is 4.19. The smallest absolute Gasteiger partial charge is 0.251 e. The van der Waals surface area contributed by atoms with Gasteiger partial charge in [0.1, 0.15) is 0 Å². The van der Waals surface area contributed by atoms with Crippen LogP contribution in [0.5, 0.6) is 0 Å². The van der Waals surface area contributed by atoms with E-state index >= 15 is 0 Å². The maximum absolute atomic E-state index is 12.7. The zero-order chi connectivity index (χ0) is 21.5. The lowest BCUT2D eigenvalue weighted by Gasteiger charge is -2.32. The molecule has 162 valence electrons. The van der Waals surface area contributed by atoms with Crippen LogP contribution < -0.4 is 5.32 Å². The van der Waals surface area contributed by atoms with Gasteiger partial charge in [-0.3, -0.25) is 14.6 Å². The molecule has 1 N–H and O–H groups in total. The summed E-state index contributed by atoms with van der Waals surface area (Å²) in [6.07, 6.45) is 2.02. The van der Waals surface area contributed by atoms with Crippen LogP contribution in [0.3, 0.4) is 0 Å². The van der Waals surface area contributed by atoms with Crippen LogP contribution in [0.2, 0.25) is 0 Å². The summed E-state index contributed by atoms with van der Waals surface area (Å²) >= 11 is 0. The molecule has 1 aliphatic heterocycles. The summed E-state index contributed by atoms with van der Waals surface area (Å²) in [4.78, 5) is 17.6. The standard InChI is InChI=1S/C26H37N3O/c1-5-29(20(2)3)18-22-10-12-23(13-11-22)26(30)27-25-14-16-28(17-15-25)19-24-9-7-6-8-21(24)4/h6-13,20,25H,5,14-19H2,1-4H3,(H,27,30). The van der Waals surface area contributed by atoms with Gasteiger partial charge in [-0.1, -0.05) is 43.3 Å². The van der Waals surface area contributed by atoms with Gasteiger partial charge in [0.25, 0.3) is 5.91 Å². The predicted octanol–water partition coefficient (Wildman–Crippen LogP) is 4.62. The highest BCUT2D eigenvalue weighted by molar-refractivity contribution is 5.94. The van der Waals surface area contributed by atoms with Gasteiger partial charge in [0.05, 0.1) is 0 Å². The number of likely N-dealkylation sites (tertiary alicyclic amines) is 1. The van der Waals surface area contributed by atoms with Crippen molar-refractivity contribution in [1.29, 1.82) is 0 Å². The van der Waals surface area contributed by atoms with Gasteiger partial charge in [0, 0.05) is 43.8 Å². The molecule has 0 spiro atoms. The van der Waals surface area contributed by atoms with Crippen molar-refractivity contribution in [3.05, 3.63) is 70.8 Å². The summed E-state index contributed by atoms with van der Waals surface area (Å²) in [6, 6.07) is 17.5. The number of hydrogen-bond acceptors (Lipinski definition) is 3. The quantitative estimate of drug-likeness (QED) is 0.694. The number of hydrogen-bond donors (Lipinski definition) is 1. The van der Waals surface area contributed by atoms with E-state index in [0.717, 1.165) is 51.1 Å². The second-order valence-corrected chi connectivity index (χ2v) is 8.80. The van der Waals surface area contributed by atoms with Crippen molar-refractivity contribution in [1.82, 2.24) is 15.1 Å². The highest BCUT2D eigenvalue weighted by Gasteiger charge is 2.21. The minimum absolute atomic E-state index is 0.0510. The van der Waals surface area contributed by atoms with Crippen molar-refractivity contribution < 1.29 is 4.79 Å². The third-order valence-electron chi connectivity index (χ3n) is 6.32. The Morgan fingerprint density at radius 1 is 1.10 bits per heavy atom. The number of carbonyl (C=O) groups excluding carboxylic acids is 1. The molecular weight excluding hydrogens is 370 g/mol. The summed E-state index contributed by atoms with van der Waals surface area (Å²) < 4.78 is 0. The van der Waals surface area contributed by atoms with Gasteiger partial charge in [0.15, 0.2) is 0 Å². The summed E-state index contributed by atoms with van der Waals surface area (Å²) in [6.45, 7) is 13.8. The first kappa shape index (κ1) is 22.5. The summed E-state index contributed by atoms with van der Waals surface area (Å²) in [5.41, 5.74) is 4.77. The number of nitrogens with zero attached hydrogens (tertiary/aromatic N) is 2. The lowest BCUT2D eigenvalue weighted by Crippen LogP contribution is -2.44. The van der Waals surface area contributed by atoms with Crippen LogP contribution in [0.15, 0.2) is 48.5 Å². The normalized spacial score (nSPS) is 15.7. The molecule has 0 bridgehead atoms. The number of piperidine rings is 1. The zero-order valence-electron chi connectivity index (χ0n) is 19.0. The molecule has 1 saturated heterocycles. The number of nitrogens with one attached hydrogen (secondary N) is 1. The van der Waals surface area contributed by atoms with E-state index in [0.29, 0.717) is 6.04 Å². The predicted molar refractivity (Wildman–Crippen MR) is 125 cm³/mol. The van der Waals surface area contributed by atoms with E-state index in [-0.39, 0.29) is 11.9 Å². The van der Waals surface area contributed by atoms with Crippen LogP contribution in [0.1, 0.15) is 60.7 Å². The summed E-state index contributed by atoms with van der Waals surface area (Å²) in [7, 11) is 0. The van der Waals surface area contributed by atoms with Gasteiger partial charge in [-0.05, 0) is 69.0 Å². The average molecular weight is 408 g/mol. The highest BCUT2D eigenvalue weighted by atomic mass is 16.1. The molecule has 1 aliphatic rings. The van der Waals surface area contributed by atoms with E-state index in [1.54, 1.807) is 0 Å². The molecule has 1 fully saturated rings. The molecule has 0 radical (unpaired) electrons. The Kier molecular flexibility index (Phi) is 8.06. The van der Waals surface area contributed by atoms with Gasteiger partial charge in [0.2, 0.25) is 0 Å². The number of carbonyl (C=O) groups is 1. The van der Waals surface area contributed by atoms with Crippen molar-refractivity contribution in [2.75, 3.05) is 19.6 Å². The van der Waals surface area contributed by atoms with Crippen LogP contribution in [0.25, 0.3) is 0 Å². The van der Waals surface area contributed by atoms with Crippen molar-refractivity contribution in [3.8, 4) is 0 Å². The second kappa shape index (κ2) is 10.7. The van der Waals surface area contributed by atoms with E-state index in [9.17, 15) is 4.79 Å². The van der Waals surface area contributed by atoms with Crippen LogP contribution in [0.4, 0.5) is 0 Å². The Morgan fingerprint density at radius 3 is 2.37 bits per heavy atom. The van der Waals surface area contributed by atoms with Gasteiger partial charge in [-0.15, -0.1) is 0 Å². The maximum Gasteiger partial charge on any atom is 0.251 e. The molecular formula is C26H37N3O. The third-order valence-corrected chi connectivity index (χ3v) is 6.32. The first-order valence-electron chi connectivity index (χ1n) is 11.4. The monoisotopic (exact) mass is 407 g/mol. The van der Waals surface area contributed by atoms with E-state index in [1.165, 1.54) is 16.7 Å². The Labute approximate surface area is 182 Å². The zero-order valence-corrected chi connectivity index (χ0v) is 19.0. The van der Waals surface area contributed by atoms with Crippen LogP contribution in [0, 0.1) is 6.92 Å². The molecule has 2 aromatic rings. The van der Waals surface area contributed by atoms with Crippen molar-refractivity contribution in [2.45, 2.75) is 65.7 Å². The summed E-state index contributed by atoms with van der Waals surface area (Å²) in [5.74, 6) is 0.0510. The molecule has 2 aromatic carbocycles. The lowest BCUT2D eigenvalue weighted by molar-refractivity contribution is 0.0909. The first-order chi connectivity index (χ1) is 14.5. The molecule has 4 heteroatoms. The topological polar surface area (TPSA) is 35.6 Å². The van der Waals surface area contributed by atoms with Gasteiger partial charge >= 0.3 is 0 Å². The van der Waals surface area contributed by atoms with Crippen molar-refractivity contribution in [3.63, 3.8) is 0 Å². The van der Waals surface area contributed by atoms with E-state index in [1.807, 2.05) is 12.1 Å². The van der Waals surface area contributed by atoms with Gasteiger partial charge in [-0.2, -0.15) is 0 Å². The number of aryl methyl sites for hydroxylation is 1. The largest absolute Gasteiger partial charge is 0.349 e. The first-order valence-corrected chi connectivity index (χ1v) is 11.4. The Hall–Kier alpha value is -2.17. The molecule has 0 saturated carbocycles. The maximum atomic E-state index is 12.7. The Balaban J connectivity index is 1.47. The van der Waals surface area contributed by atoms with E-state index in [2.05, 4.69) is 79.2 Å². The fraction of sp³-hybridized carbons (Fsp3) is 0.500. The minimum atomic E-state index is 0.0510. The molecule has 0 unspecified atom stereocenters. The molecule has 30 heavy (non-hydrogen) atoms. The highest BCUT2D eigenvalue weighted by Crippen LogP contribution is 2.17. The van der Waals surface area contributed by atoms with Crippen molar-refractivity contribution in [2.24, 2.45) is 0 Å². The fourth-order valence-corrected chi connectivity index (χ4v) is 4.19. The molecule has 3 rings (SSSR count). The molecule has 1 heterocycles. The van der Waals surface area contributed by atoms with Crippen LogP contribution >= 0.6 is 0 Å².